The summed E-state index contributed by atoms with van der Waals surface area (Å²) in [5.41, 5.74) is 2.00. The quantitative estimate of drug-likeness (QED) is 0.500. The predicted octanol–water partition coefficient (Wildman–Crippen LogP) is 4.53. The number of benzene rings is 3. The van der Waals surface area contributed by atoms with Crippen molar-refractivity contribution in [3.05, 3.63) is 94.5 Å². The Balaban J connectivity index is 1.70. The molecule has 0 spiro atoms. The first-order valence-corrected chi connectivity index (χ1v) is 10.5. The lowest BCUT2D eigenvalue weighted by Gasteiger charge is -2.20. The van der Waals surface area contributed by atoms with Crippen LogP contribution in [0.4, 0.5) is 0 Å². The Hall–Kier alpha value is -3.51. The number of halogens is 1. The zero-order valence-electron chi connectivity index (χ0n) is 17.9. The second-order valence-corrected chi connectivity index (χ2v) is 7.48. The maximum Gasteiger partial charge on any atom is 0.253 e. The molecule has 7 heteroatoms. The van der Waals surface area contributed by atoms with Crippen LogP contribution in [0.1, 0.15) is 33.9 Å². The molecule has 1 atom stereocenters. The smallest absolute Gasteiger partial charge is 0.253 e. The first-order valence-electron chi connectivity index (χ1n) is 10.1. The standard InChI is InChI=1S/C25H25ClN2O4/c1-31-19-13-12-18(23(14-19)32-2)16-27-24(29)15-22(17-8-4-3-5-9-17)28-25(30)20-10-6-7-11-21(20)26/h3-14,22H,15-16H2,1-2H3,(H,27,29)(H,28,30). The van der Waals surface area contributed by atoms with Crippen LogP contribution in [0.15, 0.2) is 72.8 Å². The fraction of sp³-hybridized carbons (Fsp3) is 0.200. The highest BCUT2D eigenvalue weighted by atomic mass is 35.5. The van der Waals surface area contributed by atoms with Gasteiger partial charge in [-0.05, 0) is 29.8 Å². The van der Waals surface area contributed by atoms with E-state index in [1.165, 1.54) is 0 Å². The molecule has 32 heavy (non-hydrogen) atoms. The molecule has 2 amide bonds. The van der Waals surface area contributed by atoms with Gasteiger partial charge in [0.25, 0.3) is 5.91 Å². The third kappa shape index (κ3) is 6.02. The highest BCUT2D eigenvalue weighted by molar-refractivity contribution is 6.33. The molecule has 0 aromatic heterocycles. The molecule has 0 saturated heterocycles. The Morgan fingerprint density at radius 2 is 1.66 bits per heavy atom. The zero-order chi connectivity index (χ0) is 22.9. The van der Waals surface area contributed by atoms with Crippen LogP contribution in [0, 0.1) is 0 Å². The SMILES string of the molecule is COc1ccc(CNC(=O)CC(NC(=O)c2ccccc2Cl)c2ccccc2)c(OC)c1. The summed E-state index contributed by atoms with van der Waals surface area (Å²) in [6.07, 6.45) is 0.0681. The Kier molecular flexibility index (Phi) is 8.11. The van der Waals surface area contributed by atoms with Gasteiger partial charge in [0.05, 0.1) is 37.3 Å². The second-order valence-electron chi connectivity index (χ2n) is 7.08. The van der Waals surface area contributed by atoms with Crippen LogP contribution in [0.3, 0.4) is 0 Å². The van der Waals surface area contributed by atoms with Crippen LogP contribution in [-0.4, -0.2) is 26.0 Å². The van der Waals surface area contributed by atoms with Crippen molar-refractivity contribution in [3.8, 4) is 11.5 Å². The summed E-state index contributed by atoms with van der Waals surface area (Å²) >= 11 is 6.16. The second kappa shape index (κ2) is 11.2. The van der Waals surface area contributed by atoms with E-state index in [2.05, 4.69) is 10.6 Å². The number of rotatable bonds is 9. The fourth-order valence-electron chi connectivity index (χ4n) is 3.27. The van der Waals surface area contributed by atoms with Gasteiger partial charge in [-0.25, -0.2) is 0 Å². The Bertz CT molecular complexity index is 1070. The van der Waals surface area contributed by atoms with E-state index in [4.69, 9.17) is 21.1 Å². The lowest BCUT2D eigenvalue weighted by molar-refractivity contribution is -0.121. The van der Waals surface area contributed by atoms with Crippen molar-refractivity contribution in [3.63, 3.8) is 0 Å². The van der Waals surface area contributed by atoms with Gasteiger partial charge < -0.3 is 20.1 Å². The summed E-state index contributed by atoms with van der Waals surface area (Å²) in [6.45, 7) is 0.284. The van der Waals surface area contributed by atoms with Gasteiger partial charge in [-0.15, -0.1) is 0 Å². The summed E-state index contributed by atoms with van der Waals surface area (Å²) in [6, 6.07) is 21.1. The van der Waals surface area contributed by atoms with Crippen molar-refractivity contribution in [2.75, 3.05) is 14.2 Å². The topological polar surface area (TPSA) is 76.7 Å². The van der Waals surface area contributed by atoms with Gasteiger partial charge in [0.1, 0.15) is 11.5 Å². The van der Waals surface area contributed by atoms with Crippen molar-refractivity contribution in [1.82, 2.24) is 10.6 Å². The Morgan fingerprint density at radius 1 is 0.938 bits per heavy atom. The maximum atomic E-state index is 12.8. The van der Waals surface area contributed by atoms with Crippen LogP contribution in [0.25, 0.3) is 0 Å². The molecule has 3 aromatic rings. The molecule has 0 aliphatic carbocycles. The number of methoxy groups -OCH3 is 2. The predicted molar refractivity (Wildman–Crippen MR) is 124 cm³/mol. The minimum Gasteiger partial charge on any atom is -0.497 e. The molecule has 0 bridgehead atoms. The highest BCUT2D eigenvalue weighted by Crippen LogP contribution is 2.25. The van der Waals surface area contributed by atoms with Gasteiger partial charge >= 0.3 is 0 Å². The van der Waals surface area contributed by atoms with Gasteiger partial charge in [-0.2, -0.15) is 0 Å². The molecule has 0 saturated carbocycles. The molecule has 0 radical (unpaired) electrons. The zero-order valence-corrected chi connectivity index (χ0v) is 18.7. The van der Waals surface area contributed by atoms with Crippen LogP contribution in [-0.2, 0) is 11.3 Å². The number of carbonyl (C=O) groups is 2. The van der Waals surface area contributed by atoms with Gasteiger partial charge in [-0.3, -0.25) is 9.59 Å². The molecule has 166 valence electrons. The lowest BCUT2D eigenvalue weighted by atomic mass is 10.0. The molecular formula is C25H25ClN2O4. The molecule has 1 unspecified atom stereocenters. The molecule has 3 rings (SSSR count). The van der Waals surface area contributed by atoms with Crippen molar-refractivity contribution in [2.45, 2.75) is 19.0 Å². The molecule has 2 N–H and O–H groups in total. The Morgan fingerprint density at radius 3 is 2.34 bits per heavy atom. The summed E-state index contributed by atoms with van der Waals surface area (Å²) < 4.78 is 10.6. The molecule has 0 heterocycles. The summed E-state index contributed by atoms with van der Waals surface area (Å²) in [4.78, 5) is 25.6. The molecule has 0 fully saturated rings. The monoisotopic (exact) mass is 452 g/mol. The van der Waals surface area contributed by atoms with Crippen LogP contribution >= 0.6 is 11.6 Å². The van der Waals surface area contributed by atoms with E-state index >= 15 is 0 Å². The van der Waals surface area contributed by atoms with Crippen molar-refractivity contribution < 1.29 is 19.1 Å². The minimum atomic E-state index is -0.516. The first-order chi connectivity index (χ1) is 15.5. The van der Waals surface area contributed by atoms with E-state index in [0.29, 0.717) is 22.1 Å². The molecule has 0 aliphatic rings. The van der Waals surface area contributed by atoms with E-state index in [1.807, 2.05) is 36.4 Å². The van der Waals surface area contributed by atoms with Crippen molar-refractivity contribution in [1.29, 1.82) is 0 Å². The minimum absolute atomic E-state index is 0.0681. The summed E-state index contributed by atoms with van der Waals surface area (Å²) in [5, 5.41) is 6.18. The molecule has 6 nitrogen and oxygen atoms in total. The fourth-order valence-corrected chi connectivity index (χ4v) is 3.49. The lowest BCUT2D eigenvalue weighted by Crippen LogP contribution is -2.33. The third-order valence-corrected chi connectivity index (χ3v) is 5.32. The summed E-state index contributed by atoms with van der Waals surface area (Å²) in [7, 11) is 3.15. The van der Waals surface area contributed by atoms with E-state index in [0.717, 1.165) is 11.1 Å². The average Bonchev–Trinajstić information content (AvgIpc) is 2.83. The van der Waals surface area contributed by atoms with Crippen LogP contribution < -0.4 is 20.1 Å². The van der Waals surface area contributed by atoms with Gasteiger partial charge in [0.15, 0.2) is 0 Å². The van der Waals surface area contributed by atoms with Crippen LogP contribution in [0.2, 0.25) is 5.02 Å². The third-order valence-electron chi connectivity index (χ3n) is 4.99. The van der Waals surface area contributed by atoms with Crippen LogP contribution in [0.5, 0.6) is 11.5 Å². The van der Waals surface area contributed by atoms with Gasteiger partial charge in [0, 0.05) is 18.2 Å². The largest absolute Gasteiger partial charge is 0.497 e. The molecule has 3 aromatic carbocycles. The van der Waals surface area contributed by atoms with Gasteiger partial charge in [0.2, 0.25) is 5.91 Å². The number of hydrogen-bond donors (Lipinski definition) is 2. The van der Waals surface area contributed by atoms with E-state index in [1.54, 1.807) is 50.6 Å². The van der Waals surface area contributed by atoms with Crippen molar-refractivity contribution in [2.24, 2.45) is 0 Å². The van der Waals surface area contributed by atoms with E-state index in [9.17, 15) is 9.59 Å². The van der Waals surface area contributed by atoms with E-state index < -0.39 is 6.04 Å². The highest BCUT2D eigenvalue weighted by Gasteiger charge is 2.20. The number of carbonyl (C=O) groups excluding carboxylic acids is 2. The maximum absolute atomic E-state index is 12.8. The average molecular weight is 453 g/mol. The van der Waals surface area contributed by atoms with E-state index in [-0.39, 0.29) is 24.8 Å². The number of amides is 2. The van der Waals surface area contributed by atoms with Crippen molar-refractivity contribution >= 4 is 23.4 Å². The van der Waals surface area contributed by atoms with Gasteiger partial charge in [-0.1, -0.05) is 54.1 Å². The molecular weight excluding hydrogens is 428 g/mol. The summed E-state index contributed by atoms with van der Waals surface area (Å²) in [5.74, 6) is 0.741. The number of nitrogens with one attached hydrogen (secondary N) is 2. The molecule has 0 aliphatic heterocycles. The normalized spacial score (nSPS) is 11.3. The Labute approximate surface area is 192 Å². The number of ether oxygens (including phenoxy) is 2. The first kappa shape index (κ1) is 23.2. The number of hydrogen-bond acceptors (Lipinski definition) is 4.